The monoisotopic (exact) mass is 702 g/mol. The van der Waals surface area contributed by atoms with Crippen LogP contribution in [-0.4, -0.2) is 55.9 Å². The van der Waals surface area contributed by atoms with Crippen LogP contribution in [0.4, 0.5) is 0 Å². The fourth-order valence-corrected chi connectivity index (χ4v) is 11.5. The summed E-state index contributed by atoms with van der Waals surface area (Å²) in [6.45, 7) is 9.29. The molecule has 8 atom stereocenters. The molecule has 2 fully saturated rings. The maximum absolute atomic E-state index is 15.2. The van der Waals surface area contributed by atoms with Crippen LogP contribution in [0.3, 0.4) is 0 Å². The lowest BCUT2D eigenvalue weighted by molar-refractivity contribution is -0.240. The number of fused-ring (bicyclic) bond motifs is 5. The lowest BCUT2D eigenvalue weighted by Gasteiger charge is -2.65. The average molecular weight is 703 g/mol. The van der Waals surface area contributed by atoms with Crippen molar-refractivity contribution in [1.82, 2.24) is 0 Å². The molecule has 3 aromatic rings. The van der Waals surface area contributed by atoms with E-state index in [1.165, 1.54) is 23.6 Å². The molecule has 52 heavy (non-hydrogen) atoms. The number of Topliss-reactive ketones (excluding diaryl/α,β-unsaturated/α-hetero) is 5. The van der Waals surface area contributed by atoms with Gasteiger partial charge in [0.2, 0.25) is 0 Å². The number of hydrogen-bond donors (Lipinski definition) is 3. The molecule has 2 saturated carbocycles. The van der Waals surface area contributed by atoms with Gasteiger partial charge < -0.3 is 15.3 Å². The van der Waals surface area contributed by atoms with Gasteiger partial charge in [-0.2, -0.15) is 0 Å². The number of aromatic hydroxyl groups is 1. The predicted molar refractivity (Wildman–Crippen MR) is 194 cm³/mol. The second-order valence-corrected chi connectivity index (χ2v) is 16.9. The van der Waals surface area contributed by atoms with Crippen molar-refractivity contribution in [3.8, 4) is 28.0 Å². The van der Waals surface area contributed by atoms with Crippen LogP contribution in [0, 0.1) is 34.5 Å². The third-order valence-corrected chi connectivity index (χ3v) is 14.2. The summed E-state index contributed by atoms with van der Waals surface area (Å²) in [5, 5.41) is 37.7. The Kier molecular flexibility index (Phi) is 7.60. The average Bonchev–Trinajstić information content (AvgIpc) is 3.78. The Balaban J connectivity index is 1.43. The van der Waals surface area contributed by atoms with Crippen LogP contribution in [0.15, 0.2) is 42.5 Å². The normalized spacial score (nSPS) is 33.4. The van der Waals surface area contributed by atoms with Gasteiger partial charge in [0.1, 0.15) is 17.5 Å². The Morgan fingerprint density at radius 1 is 0.846 bits per heavy atom. The minimum atomic E-state index is -3.01. The summed E-state index contributed by atoms with van der Waals surface area (Å²) in [5.41, 5.74) is 1.29. The van der Waals surface area contributed by atoms with Crippen molar-refractivity contribution in [2.75, 3.05) is 0 Å². The molecular weight excluding hydrogens is 656 g/mol. The van der Waals surface area contributed by atoms with Gasteiger partial charge in [0, 0.05) is 22.3 Å². The highest BCUT2D eigenvalue weighted by molar-refractivity contribution is 6.33. The highest BCUT2D eigenvalue weighted by Gasteiger charge is 2.80. The van der Waals surface area contributed by atoms with Crippen molar-refractivity contribution >= 4 is 28.9 Å². The number of aliphatic hydroxyl groups excluding tert-OH is 1. The number of hydrogen-bond acceptors (Lipinski definition) is 8. The van der Waals surface area contributed by atoms with Gasteiger partial charge in [0.05, 0.1) is 17.6 Å². The van der Waals surface area contributed by atoms with Crippen LogP contribution < -0.4 is 0 Å². The maximum atomic E-state index is 15.2. The highest BCUT2D eigenvalue weighted by atomic mass is 16.3. The Bertz CT molecular complexity index is 2160. The summed E-state index contributed by atoms with van der Waals surface area (Å²) in [7, 11) is 0. The van der Waals surface area contributed by atoms with Gasteiger partial charge in [-0.1, -0.05) is 71.0 Å². The summed E-state index contributed by atoms with van der Waals surface area (Å²) in [5.74, 6) is -11.3. The molecule has 5 aliphatic rings. The third-order valence-electron chi connectivity index (χ3n) is 14.2. The zero-order valence-electron chi connectivity index (χ0n) is 30.6. The zero-order chi connectivity index (χ0) is 37.4. The summed E-state index contributed by atoms with van der Waals surface area (Å²) in [4.78, 5) is 71.4. The van der Waals surface area contributed by atoms with E-state index in [0.29, 0.717) is 16.7 Å². The topological polar surface area (TPSA) is 146 Å². The van der Waals surface area contributed by atoms with E-state index >= 15 is 9.59 Å². The van der Waals surface area contributed by atoms with Crippen LogP contribution >= 0.6 is 0 Å². The minimum absolute atomic E-state index is 0.0609. The largest absolute Gasteiger partial charge is 0.507 e. The first-order valence-electron chi connectivity index (χ1n) is 18.7. The Morgan fingerprint density at radius 3 is 2.21 bits per heavy atom. The molecule has 0 radical (unpaired) electrons. The maximum Gasteiger partial charge on any atom is 0.191 e. The molecule has 5 aliphatic carbocycles. The van der Waals surface area contributed by atoms with Gasteiger partial charge in [0.15, 0.2) is 28.7 Å². The number of phenols is 1. The van der Waals surface area contributed by atoms with Crippen LogP contribution in [0.1, 0.15) is 98.5 Å². The Morgan fingerprint density at radius 2 is 1.52 bits per heavy atom. The van der Waals surface area contributed by atoms with E-state index in [1.807, 2.05) is 31.2 Å². The first-order valence-corrected chi connectivity index (χ1v) is 18.7. The number of phenolic OH excluding ortho intramolecular Hbond substituents is 1. The van der Waals surface area contributed by atoms with Crippen molar-refractivity contribution in [3.05, 3.63) is 75.8 Å². The van der Waals surface area contributed by atoms with Crippen LogP contribution in [0.25, 0.3) is 22.3 Å². The molecule has 0 amide bonds. The third kappa shape index (κ3) is 4.08. The van der Waals surface area contributed by atoms with E-state index in [0.717, 1.165) is 62.1 Å². The second kappa shape index (κ2) is 11.4. The number of aryl methyl sites for hydroxylation is 3. The van der Waals surface area contributed by atoms with Gasteiger partial charge in [-0.05, 0) is 108 Å². The van der Waals surface area contributed by atoms with Crippen molar-refractivity contribution in [3.63, 3.8) is 0 Å². The lowest BCUT2D eigenvalue weighted by Crippen LogP contribution is -2.82. The van der Waals surface area contributed by atoms with Crippen molar-refractivity contribution in [2.24, 2.45) is 34.5 Å². The SMILES string of the molecule is CC(=O)C1C(=O)C(C(C)C)[C@@]2(C)[C@H](O)[C@]3(C)C(C(=O)c4c(O)c(-c5cccc6c5CCC6)cc(-c5ccc6c(c5)CCC6)c4[C@H]3C)C(=O)[C@@]2(O)C1=O. The number of ketones is 5. The lowest BCUT2D eigenvalue weighted by atomic mass is 9.37. The molecule has 0 aromatic heterocycles. The summed E-state index contributed by atoms with van der Waals surface area (Å²) < 4.78 is 0. The molecule has 8 rings (SSSR count). The van der Waals surface area contributed by atoms with Crippen LogP contribution in [0.2, 0.25) is 0 Å². The minimum Gasteiger partial charge on any atom is -0.507 e. The van der Waals surface area contributed by atoms with Gasteiger partial charge in [0.25, 0.3) is 0 Å². The summed E-state index contributed by atoms with van der Waals surface area (Å²) in [6.07, 6.45) is 3.89. The molecule has 3 unspecified atom stereocenters. The molecule has 0 spiro atoms. The van der Waals surface area contributed by atoms with Crippen molar-refractivity contribution in [1.29, 1.82) is 0 Å². The van der Waals surface area contributed by atoms with E-state index < -0.39 is 81.0 Å². The fraction of sp³-hybridized carbons (Fsp3) is 0.477. The smallest absolute Gasteiger partial charge is 0.191 e. The molecule has 8 nitrogen and oxygen atoms in total. The Labute approximate surface area is 303 Å². The number of rotatable bonds is 4. The van der Waals surface area contributed by atoms with Gasteiger partial charge in [-0.25, -0.2) is 0 Å². The van der Waals surface area contributed by atoms with E-state index in [1.54, 1.807) is 20.8 Å². The van der Waals surface area contributed by atoms with Gasteiger partial charge >= 0.3 is 0 Å². The van der Waals surface area contributed by atoms with E-state index in [2.05, 4.69) is 18.2 Å². The molecule has 270 valence electrons. The van der Waals surface area contributed by atoms with E-state index in [-0.39, 0.29) is 11.3 Å². The van der Waals surface area contributed by atoms with Crippen molar-refractivity contribution in [2.45, 2.75) is 97.7 Å². The molecule has 0 bridgehead atoms. The molecule has 0 saturated heterocycles. The van der Waals surface area contributed by atoms with Gasteiger partial charge in [-0.15, -0.1) is 0 Å². The molecular formula is C44H46O8. The number of benzene rings is 3. The molecule has 3 aromatic carbocycles. The standard InChI is InChI=1S/C44H46O8/c1-20(2)34-37(47)32(22(4)45)39(49)44(52)40(50)35-38(48)33-31(21(3)42(35,5)41(51)43(34,44)6)29(26-17-16-23-10-7-13-25(23)18-26)19-30(36(33)46)28-15-9-12-24-11-8-14-27(24)28/h9,12,15-21,32,34-35,41,46,51-52H,7-8,10-11,13-14H2,1-6H3/t21-,32?,34?,35?,41-,42+,43+,44+/m1/s1. The van der Waals surface area contributed by atoms with Crippen LogP contribution in [0.5, 0.6) is 5.75 Å². The molecule has 3 N–H and O–H groups in total. The number of aliphatic hydroxyl groups is 2. The van der Waals surface area contributed by atoms with Crippen molar-refractivity contribution < 1.29 is 39.3 Å². The second-order valence-electron chi connectivity index (χ2n) is 16.9. The molecule has 0 heterocycles. The highest BCUT2D eigenvalue weighted by Crippen LogP contribution is 2.67. The number of carbonyl (C=O) groups is 5. The van der Waals surface area contributed by atoms with E-state index in [4.69, 9.17) is 0 Å². The predicted octanol–water partition coefficient (Wildman–Crippen LogP) is 5.94. The number of carbonyl (C=O) groups excluding carboxylic acids is 5. The summed E-state index contributed by atoms with van der Waals surface area (Å²) in [6, 6.07) is 14.2. The fourth-order valence-electron chi connectivity index (χ4n) is 11.5. The quantitative estimate of drug-likeness (QED) is 0.284. The first-order chi connectivity index (χ1) is 24.5. The summed E-state index contributed by atoms with van der Waals surface area (Å²) >= 11 is 0. The first kappa shape index (κ1) is 34.8. The Hall–Kier alpha value is -4.27. The van der Waals surface area contributed by atoms with Crippen LogP contribution in [-0.2, 0) is 44.9 Å². The molecule has 8 heteroatoms. The molecule has 0 aliphatic heterocycles. The van der Waals surface area contributed by atoms with Gasteiger partial charge in [-0.3, -0.25) is 24.0 Å². The van der Waals surface area contributed by atoms with E-state index in [9.17, 15) is 29.7 Å². The zero-order valence-corrected chi connectivity index (χ0v) is 30.6.